The first-order valence-electron chi connectivity index (χ1n) is 7.10. The normalized spacial score (nSPS) is 10.3. The van der Waals surface area contributed by atoms with Crippen molar-refractivity contribution in [2.45, 2.75) is 6.92 Å². The van der Waals surface area contributed by atoms with Crippen LogP contribution < -0.4 is 15.6 Å². The fourth-order valence-corrected chi connectivity index (χ4v) is 1.75. The Morgan fingerprint density at radius 2 is 1.96 bits per heavy atom. The Labute approximate surface area is 134 Å². The Morgan fingerprint density at radius 3 is 2.61 bits per heavy atom. The number of nitrogens with one attached hydrogen (secondary N) is 2. The molecule has 0 radical (unpaired) electrons. The quantitative estimate of drug-likeness (QED) is 0.653. The van der Waals surface area contributed by atoms with Crippen molar-refractivity contribution in [1.29, 1.82) is 0 Å². The number of benzene rings is 1. The van der Waals surface area contributed by atoms with Gasteiger partial charge in [0.1, 0.15) is 5.75 Å². The third-order valence-electron chi connectivity index (χ3n) is 2.84. The summed E-state index contributed by atoms with van der Waals surface area (Å²) in [6.07, 6.45) is 6.19. The molecule has 2 aromatic rings. The Bertz CT molecular complexity index is 682. The summed E-state index contributed by atoms with van der Waals surface area (Å²) in [4.78, 5) is 27.5. The summed E-state index contributed by atoms with van der Waals surface area (Å²) < 4.78 is 5.30. The van der Waals surface area contributed by atoms with Crippen LogP contribution in [0.2, 0.25) is 0 Å². The maximum atomic E-state index is 11.9. The summed E-state index contributed by atoms with van der Waals surface area (Å²) in [5.41, 5.74) is 5.87. The van der Waals surface area contributed by atoms with Crippen molar-refractivity contribution in [2.24, 2.45) is 0 Å². The minimum absolute atomic E-state index is 0.406. The summed E-state index contributed by atoms with van der Waals surface area (Å²) in [6.45, 7) is 2.44. The molecule has 0 bridgehead atoms. The second kappa shape index (κ2) is 8.33. The van der Waals surface area contributed by atoms with Crippen LogP contribution >= 0.6 is 0 Å². The van der Waals surface area contributed by atoms with Crippen LogP contribution in [-0.2, 0) is 4.79 Å². The number of hydrogen-bond acceptors (Lipinski definition) is 4. The van der Waals surface area contributed by atoms with E-state index >= 15 is 0 Å². The summed E-state index contributed by atoms with van der Waals surface area (Å²) in [5, 5.41) is 0. The van der Waals surface area contributed by atoms with Gasteiger partial charge in [0.15, 0.2) is 0 Å². The highest BCUT2D eigenvalue weighted by Gasteiger charge is 2.06. The van der Waals surface area contributed by atoms with Gasteiger partial charge in [0, 0.05) is 24.0 Å². The fourth-order valence-electron chi connectivity index (χ4n) is 1.75. The number of hydrazine groups is 1. The van der Waals surface area contributed by atoms with Crippen molar-refractivity contribution < 1.29 is 14.3 Å². The largest absolute Gasteiger partial charge is 0.494 e. The molecule has 6 nitrogen and oxygen atoms in total. The van der Waals surface area contributed by atoms with E-state index in [4.69, 9.17) is 4.74 Å². The number of amides is 2. The lowest BCUT2D eigenvalue weighted by atomic mass is 10.2. The molecule has 1 heterocycles. The van der Waals surface area contributed by atoms with E-state index in [0.29, 0.717) is 17.9 Å². The van der Waals surface area contributed by atoms with Crippen LogP contribution in [0.3, 0.4) is 0 Å². The molecule has 0 fully saturated rings. The number of ether oxygens (including phenoxy) is 1. The number of pyridine rings is 1. The van der Waals surface area contributed by atoms with E-state index in [2.05, 4.69) is 15.8 Å². The van der Waals surface area contributed by atoms with Gasteiger partial charge in [0.25, 0.3) is 11.8 Å². The highest BCUT2D eigenvalue weighted by Crippen LogP contribution is 2.11. The molecule has 0 saturated heterocycles. The van der Waals surface area contributed by atoms with Crippen LogP contribution in [0.4, 0.5) is 0 Å². The van der Waals surface area contributed by atoms with E-state index in [-0.39, 0.29) is 0 Å². The molecule has 0 aliphatic rings. The minimum Gasteiger partial charge on any atom is -0.494 e. The smallest absolute Gasteiger partial charge is 0.269 e. The molecule has 2 N–H and O–H groups in total. The van der Waals surface area contributed by atoms with Crippen molar-refractivity contribution in [1.82, 2.24) is 15.8 Å². The van der Waals surface area contributed by atoms with Gasteiger partial charge in [-0.05, 0) is 48.9 Å². The monoisotopic (exact) mass is 311 g/mol. The lowest BCUT2D eigenvalue weighted by Crippen LogP contribution is -2.40. The van der Waals surface area contributed by atoms with Gasteiger partial charge in [0.2, 0.25) is 0 Å². The van der Waals surface area contributed by atoms with Gasteiger partial charge in [-0.15, -0.1) is 0 Å². The van der Waals surface area contributed by atoms with Crippen LogP contribution in [0.15, 0.2) is 54.9 Å². The Kier molecular flexibility index (Phi) is 5.88. The first-order chi connectivity index (χ1) is 11.2. The molecular weight excluding hydrogens is 294 g/mol. The maximum absolute atomic E-state index is 11.9. The number of carbonyl (C=O) groups is 2. The number of carbonyl (C=O) groups excluding carboxylic acids is 2. The van der Waals surface area contributed by atoms with Crippen LogP contribution in [-0.4, -0.2) is 23.4 Å². The average molecular weight is 311 g/mol. The average Bonchev–Trinajstić information content (AvgIpc) is 2.59. The molecule has 0 atom stereocenters. The molecule has 0 aliphatic carbocycles. The number of rotatable bonds is 5. The Hall–Kier alpha value is -3.15. The topological polar surface area (TPSA) is 80.3 Å². The molecular formula is C17H17N3O3. The molecule has 0 aliphatic heterocycles. The Morgan fingerprint density at radius 1 is 1.17 bits per heavy atom. The van der Waals surface area contributed by atoms with E-state index in [9.17, 15) is 9.59 Å². The van der Waals surface area contributed by atoms with E-state index in [1.807, 2.05) is 13.0 Å². The summed E-state index contributed by atoms with van der Waals surface area (Å²) in [6, 6.07) is 10.2. The van der Waals surface area contributed by atoms with Gasteiger partial charge in [-0.3, -0.25) is 25.4 Å². The summed E-state index contributed by atoms with van der Waals surface area (Å²) in [5.74, 6) is -0.156. The molecule has 1 aromatic heterocycles. The molecule has 2 rings (SSSR count). The molecule has 118 valence electrons. The van der Waals surface area contributed by atoms with Gasteiger partial charge >= 0.3 is 0 Å². The van der Waals surface area contributed by atoms with Gasteiger partial charge in [-0.1, -0.05) is 6.07 Å². The first-order valence-corrected chi connectivity index (χ1v) is 7.10. The second-order valence-electron chi connectivity index (χ2n) is 4.52. The molecule has 0 spiro atoms. The molecule has 0 saturated carbocycles. The first kappa shape index (κ1) is 16.2. The lowest BCUT2D eigenvalue weighted by Gasteiger charge is -2.06. The van der Waals surface area contributed by atoms with Gasteiger partial charge in [-0.2, -0.15) is 0 Å². The van der Waals surface area contributed by atoms with Crippen molar-refractivity contribution >= 4 is 17.9 Å². The fraction of sp³-hybridized carbons (Fsp3) is 0.118. The SMILES string of the molecule is CCOc1ccc(C(=O)NNC(=O)/C=C/c2cccnc2)cc1. The highest BCUT2D eigenvalue weighted by molar-refractivity contribution is 5.97. The van der Waals surface area contributed by atoms with Crippen molar-refractivity contribution in [3.63, 3.8) is 0 Å². The molecule has 2 amide bonds. The predicted octanol–water partition coefficient (Wildman–Crippen LogP) is 1.95. The molecule has 0 unspecified atom stereocenters. The van der Waals surface area contributed by atoms with Crippen LogP contribution in [0, 0.1) is 0 Å². The van der Waals surface area contributed by atoms with E-state index in [1.165, 1.54) is 6.08 Å². The third-order valence-corrected chi connectivity index (χ3v) is 2.84. The van der Waals surface area contributed by atoms with Crippen molar-refractivity contribution in [3.8, 4) is 5.75 Å². The number of hydrogen-bond donors (Lipinski definition) is 2. The van der Waals surface area contributed by atoms with E-state index < -0.39 is 11.8 Å². The zero-order valence-corrected chi connectivity index (χ0v) is 12.7. The summed E-state index contributed by atoms with van der Waals surface area (Å²) in [7, 11) is 0. The minimum atomic E-state index is -0.437. The van der Waals surface area contributed by atoms with Crippen molar-refractivity contribution in [3.05, 3.63) is 66.0 Å². The van der Waals surface area contributed by atoms with E-state index in [1.54, 1.807) is 48.8 Å². The molecule has 23 heavy (non-hydrogen) atoms. The van der Waals surface area contributed by atoms with Gasteiger partial charge in [0.05, 0.1) is 6.61 Å². The number of nitrogens with zero attached hydrogens (tertiary/aromatic N) is 1. The second-order valence-corrected chi connectivity index (χ2v) is 4.52. The van der Waals surface area contributed by atoms with Crippen molar-refractivity contribution in [2.75, 3.05) is 6.61 Å². The van der Waals surface area contributed by atoms with Crippen LogP contribution in [0.1, 0.15) is 22.8 Å². The molecule has 6 heteroatoms. The zero-order valence-electron chi connectivity index (χ0n) is 12.7. The summed E-state index contributed by atoms with van der Waals surface area (Å²) >= 11 is 0. The Balaban J connectivity index is 1.83. The highest BCUT2D eigenvalue weighted by atomic mass is 16.5. The predicted molar refractivity (Wildman–Crippen MR) is 86.5 cm³/mol. The standard InChI is InChI=1S/C17H17N3O3/c1-2-23-15-8-6-14(7-9-15)17(22)20-19-16(21)10-5-13-4-3-11-18-12-13/h3-12H,2H2,1H3,(H,19,21)(H,20,22)/b10-5+. The van der Waals surface area contributed by atoms with Gasteiger partial charge < -0.3 is 4.74 Å². The lowest BCUT2D eigenvalue weighted by molar-refractivity contribution is -0.117. The van der Waals surface area contributed by atoms with E-state index in [0.717, 1.165) is 5.56 Å². The maximum Gasteiger partial charge on any atom is 0.269 e. The van der Waals surface area contributed by atoms with Crippen LogP contribution in [0.25, 0.3) is 6.08 Å². The number of aromatic nitrogens is 1. The molecule has 1 aromatic carbocycles. The van der Waals surface area contributed by atoms with Gasteiger partial charge in [-0.25, -0.2) is 0 Å². The third kappa shape index (κ3) is 5.28. The zero-order chi connectivity index (χ0) is 16.5. The van der Waals surface area contributed by atoms with Crippen LogP contribution in [0.5, 0.6) is 5.75 Å².